The summed E-state index contributed by atoms with van der Waals surface area (Å²) in [6.07, 6.45) is 0. The fraction of sp³-hybridized carbons (Fsp3) is 0.125. The Balaban J connectivity index is 1.60. The van der Waals surface area contributed by atoms with E-state index in [9.17, 15) is 9.59 Å². The molecule has 0 aliphatic heterocycles. The molecule has 7 heteroatoms. The largest absolute Gasteiger partial charge is 0.324 e. The topological polar surface area (TPSA) is 64.0 Å². The van der Waals surface area contributed by atoms with E-state index >= 15 is 0 Å². The second kappa shape index (κ2) is 9.49. The van der Waals surface area contributed by atoms with Crippen LogP contribution in [0.3, 0.4) is 0 Å². The normalized spacial score (nSPS) is 10.9. The predicted molar refractivity (Wildman–Crippen MR) is 130 cm³/mol. The van der Waals surface area contributed by atoms with Crippen LogP contribution in [0.2, 0.25) is 0 Å². The molecular weight excluding hydrogens is 474 g/mol. The van der Waals surface area contributed by atoms with Gasteiger partial charge in [0.2, 0.25) is 5.91 Å². The summed E-state index contributed by atoms with van der Waals surface area (Å²) in [7, 11) is 0. The number of carbonyl (C=O) groups excluding carboxylic acids is 1. The van der Waals surface area contributed by atoms with Gasteiger partial charge < -0.3 is 5.32 Å². The van der Waals surface area contributed by atoms with Gasteiger partial charge in [-0.05, 0) is 58.2 Å². The van der Waals surface area contributed by atoms with Crippen LogP contribution < -0.4 is 10.9 Å². The van der Waals surface area contributed by atoms with Crippen LogP contribution in [0.5, 0.6) is 0 Å². The number of halogens is 1. The zero-order valence-corrected chi connectivity index (χ0v) is 19.2. The van der Waals surface area contributed by atoms with Crippen molar-refractivity contribution in [1.82, 2.24) is 9.55 Å². The van der Waals surface area contributed by atoms with Gasteiger partial charge in [0.15, 0.2) is 5.16 Å². The van der Waals surface area contributed by atoms with Gasteiger partial charge in [0, 0.05) is 4.47 Å². The Kier molecular flexibility index (Phi) is 6.53. The Morgan fingerprint density at radius 2 is 1.81 bits per heavy atom. The second-order valence-corrected chi connectivity index (χ2v) is 8.91. The number of carbonyl (C=O) groups is 1. The van der Waals surface area contributed by atoms with Crippen LogP contribution in [0.1, 0.15) is 11.1 Å². The molecule has 5 nitrogen and oxygen atoms in total. The fourth-order valence-corrected chi connectivity index (χ4v) is 4.59. The molecule has 156 valence electrons. The Morgan fingerprint density at radius 1 is 1.06 bits per heavy atom. The molecule has 0 saturated heterocycles. The lowest BCUT2D eigenvalue weighted by molar-refractivity contribution is -0.113. The highest BCUT2D eigenvalue weighted by Gasteiger charge is 2.14. The maximum atomic E-state index is 13.2. The highest BCUT2D eigenvalue weighted by molar-refractivity contribution is 9.10. The fourth-order valence-electron chi connectivity index (χ4n) is 3.20. The summed E-state index contributed by atoms with van der Waals surface area (Å²) in [5.74, 6) is -0.0249. The van der Waals surface area contributed by atoms with Crippen molar-refractivity contribution in [3.05, 3.63) is 98.7 Å². The first-order valence-electron chi connectivity index (χ1n) is 9.73. The van der Waals surface area contributed by atoms with Crippen LogP contribution in [0.15, 0.2) is 87.2 Å². The van der Waals surface area contributed by atoms with Crippen LogP contribution in [0.4, 0.5) is 5.69 Å². The summed E-state index contributed by atoms with van der Waals surface area (Å²) in [6.45, 7) is 2.38. The van der Waals surface area contributed by atoms with Crippen molar-refractivity contribution in [2.45, 2.75) is 18.6 Å². The summed E-state index contributed by atoms with van der Waals surface area (Å²) in [5, 5.41) is 3.99. The lowest BCUT2D eigenvalue weighted by Gasteiger charge is -2.13. The van der Waals surface area contributed by atoms with Crippen molar-refractivity contribution >= 4 is 50.2 Å². The van der Waals surface area contributed by atoms with E-state index < -0.39 is 0 Å². The number of anilines is 1. The third-order valence-electron chi connectivity index (χ3n) is 4.74. The third-order valence-corrected chi connectivity index (χ3v) is 6.37. The number of hydrogen-bond acceptors (Lipinski definition) is 4. The molecule has 1 heterocycles. The van der Waals surface area contributed by atoms with Crippen molar-refractivity contribution in [2.75, 3.05) is 11.1 Å². The molecule has 4 aromatic rings. The smallest absolute Gasteiger partial charge is 0.262 e. The number of rotatable bonds is 6. The zero-order chi connectivity index (χ0) is 21.8. The van der Waals surface area contributed by atoms with E-state index in [-0.39, 0.29) is 17.2 Å². The monoisotopic (exact) mass is 493 g/mol. The zero-order valence-electron chi connectivity index (χ0n) is 16.8. The number of nitrogens with one attached hydrogen (secondary N) is 1. The number of amides is 1. The summed E-state index contributed by atoms with van der Waals surface area (Å²) in [4.78, 5) is 30.4. The van der Waals surface area contributed by atoms with E-state index in [0.717, 1.165) is 15.6 Å². The number of fused-ring (bicyclic) bond motifs is 1. The molecule has 0 aliphatic rings. The number of aryl methyl sites for hydroxylation is 1. The lowest BCUT2D eigenvalue weighted by Crippen LogP contribution is -2.25. The molecule has 0 aliphatic carbocycles. The summed E-state index contributed by atoms with van der Waals surface area (Å²) in [6, 6.07) is 22.8. The molecule has 0 saturated carbocycles. The van der Waals surface area contributed by atoms with Crippen LogP contribution in [0, 0.1) is 6.92 Å². The van der Waals surface area contributed by atoms with Crippen LogP contribution >= 0.6 is 27.7 Å². The van der Waals surface area contributed by atoms with Gasteiger partial charge >= 0.3 is 0 Å². The number of aromatic nitrogens is 2. The van der Waals surface area contributed by atoms with Gasteiger partial charge in [0.05, 0.1) is 28.9 Å². The van der Waals surface area contributed by atoms with E-state index in [2.05, 4.69) is 26.2 Å². The van der Waals surface area contributed by atoms with E-state index in [1.807, 2.05) is 73.7 Å². The molecule has 31 heavy (non-hydrogen) atoms. The first-order chi connectivity index (χ1) is 15.0. The number of para-hydroxylation sites is 1. The van der Waals surface area contributed by atoms with Crippen LogP contribution in [0.25, 0.3) is 10.9 Å². The quantitative estimate of drug-likeness (QED) is 0.294. The SMILES string of the molecule is Cc1ccc(NC(=O)CSc2nc3ccccc3c(=O)n2Cc2ccccc2)c(Br)c1. The highest BCUT2D eigenvalue weighted by atomic mass is 79.9. The maximum absolute atomic E-state index is 13.2. The van der Waals surface area contributed by atoms with Crippen molar-refractivity contribution in [3.8, 4) is 0 Å². The van der Waals surface area contributed by atoms with E-state index in [1.54, 1.807) is 10.6 Å². The van der Waals surface area contributed by atoms with E-state index in [4.69, 9.17) is 0 Å². The molecule has 1 amide bonds. The Hall–Kier alpha value is -2.90. The Labute approximate surface area is 192 Å². The second-order valence-electron chi connectivity index (χ2n) is 7.11. The molecule has 0 radical (unpaired) electrons. The third kappa shape index (κ3) is 5.06. The summed E-state index contributed by atoms with van der Waals surface area (Å²) < 4.78 is 2.47. The maximum Gasteiger partial charge on any atom is 0.262 e. The van der Waals surface area contributed by atoms with Gasteiger partial charge in [0.1, 0.15) is 0 Å². The molecule has 4 rings (SSSR count). The van der Waals surface area contributed by atoms with Gasteiger partial charge in [-0.3, -0.25) is 14.2 Å². The Bertz CT molecular complexity index is 1310. The van der Waals surface area contributed by atoms with Gasteiger partial charge in [-0.1, -0.05) is 60.3 Å². The average molecular weight is 494 g/mol. The lowest BCUT2D eigenvalue weighted by atomic mass is 10.2. The van der Waals surface area contributed by atoms with Crippen molar-refractivity contribution in [2.24, 2.45) is 0 Å². The number of hydrogen-bond donors (Lipinski definition) is 1. The molecule has 1 N–H and O–H groups in total. The van der Waals surface area contributed by atoms with Crippen molar-refractivity contribution in [1.29, 1.82) is 0 Å². The predicted octanol–water partition coefficient (Wildman–Crippen LogP) is 5.25. The van der Waals surface area contributed by atoms with Gasteiger partial charge in [0.25, 0.3) is 5.56 Å². The minimum atomic E-state index is -0.164. The molecule has 0 atom stereocenters. The number of benzene rings is 3. The minimum Gasteiger partial charge on any atom is -0.324 e. The standard InChI is InChI=1S/C24H20BrN3O2S/c1-16-11-12-21(19(25)13-16)26-22(29)15-31-24-27-20-10-6-5-9-18(20)23(30)28(24)14-17-7-3-2-4-8-17/h2-13H,14-15H2,1H3,(H,26,29). The molecular formula is C24H20BrN3O2S. The molecule has 0 spiro atoms. The van der Waals surface area contributed by atoms with Gasteiger partial charge in [-0.25, -0.2) is 4.98 Å². The van der Waals surface area contributed by atoms with Crippen LogP contribution in [-0.4, -0.2) is 21.2 Å². The average Bonchev–Trinajstić information content (AvgIpc) is 2.77. The first-order valence-corrected chi connectivity index (χ1v) is 11.5. The molecule has 1 aromatic heterocycles. The van der Waals surface area contributed by atoms with Crippen molar-refractivity contribution < 1.29 is 4.79 Å². The van der Waals surface area contributed by atoms with Crippen LogP contribution in [-0.2, 0) is 11.3 Å². The van der Waals surface area contributed by atoms with Gasteiger partial charge in [-0.15, -0.1) is 0 Å². The number of thioether (sulfide) groups is 1. The number of nitrogens with zero attached hydrogens (tertiary/aromatic N) is 2. The highest BCUT2D eigenvalue weighted by Crippen LogP contribution is 2.24. The minimum absolute atomic E-state index is 0.112. The molecule has 0 bridgehead atoms. The van der Waals surface area contributed by atoms with E-state index in [0.29, 0.717) is 28.3 Å². The molecule has 3 aromatic carbocycles. The molecule has 0 unspecified atom stereocenters. The first kappa shape index (κ1) is 21.3. The summed E-state index contributed by atoms with van der Waals surface area (Å²) >= 11 is 4.73. The summed E-state index contributed by atoms with van der Waals surface area (Å²) in [5.41, 5.74) is 3.32. The van der Waals surface area contributed by atoms with Gasteiger partial charge in [-0.2, -0.15) is 0 Å². The Morgan fingerprint density at radius 3 is 2.58 bits per heavy atom. The molecule has 0 fully saturated rings. The van der Waals surface area contributed by atoms with Crippen molar-refractivity contribution in [3.63, 3.8) is 0 Å². The van der Waals surface area contributed by atoms with E-state index in [1.165, 1.54) is 11.8 Å².